The molecule has 0 aliphatic carbocycles. The first-order valence-electron chi connectivity index (χ1n) is 6.62. The van der Waals surface area contributed by atoms with Gasteiger partial charge in [0, 0.05) is 17.8 Å². The normalized spacial score (nSPS) is 11.0. The zero-order chi connectivity index (χ0) is 15.5. The van der Waals surface area contributed by atoms with Crippen molar-refractivity contribution in [1.82, 2.24) is 0 Å². The average molecular weight is 286 g/mol. The number of nitrogens with one attached hydrogen (secondary N) is 1. The van der Waals surface area contributed by atoms with Gasteiger partial charge in [-0.1, -0.05) is 24.3 Å². The molecule has 0 amide bonds. The van der Waals surface area contributed by atoms with Crippen molar-refractivity contribution in [3.05, 3.63) is 65.2 Å². The van der Waals surface area contributed by atoms with E-state index in [0.29, 0.717) is 0 Å². The average Bonchev–Trinajstić information content (AvgIpc) is 2.49. The highest BCUT2D eigenvalue weighted by Crippen LogP contribution is 2.24. The van der Waals surface area contributed by atoms with Gasteiger partial charge in [-0.25, -0.2) is 8.78 Å². The van der Waals surface area contributed by atoms with E-state index in [4.69, 9.17) is 5.26 Å². The molecule has 0 fully saturated rings. The van der Waals surface area contributed by atoms with Gasteiger partial charge in [0.05, 0.1) is 11.5 Å². The maximum Gasteiger partial charge on any atom is 0.163 e. The quantitative estimate of drug-likeness (QED) is 0.905. The molecule has 0 radical (unpaired) electrons. The summed E-state index contributed by atoms with van der Waals surface area (Å²) in [5.74, 6) is -1.67. The largest absolute Gasteiger partial charge is 0.381 e. The van der Waals surface area contributed by atoms with E-state index in [-0.39, 0.29) is 12.1 Å². The van der Waals surface area contributed by atoms with Gasteiger partial charge in [0.25, 0.3) is 0 Å². The van der Waals surface area contributed by atoms with Gasteiger partial charge in [-0.15, -0.1) is 0 Å². The van der Waals surface area contributed by atoms with Crippen molar-refractivity contribution < 1.29 is 8.78 Å². The van der Waals surface area contributed by atoms with E-state index >= 15 is 0 Å². The van der Waals surface area contributed by atoms with Crippen LogP contribution in [0.4, 0.5) is 14.5 Å². The molecule has 0 unspecified atom stereocenters. The number of halogens is 2. The van der Waals surface area contributed by atoms with Crippen molar-refractivity contribution in [1.29, 1.82) is 5.26 Å². The fraction of sp³-hybridized carbons (Fsp3) is 0.235. The number of nitrogens with zero attached hydrogens (tertiary/aromatic N) is 1. The SMILES string of the molecule is CC(C)(C#N)c1ccc(NCc2cccc(F)c2F)cc1. The molecule has 2 rings (SSSR count). The Morgan fingerprint density at radius 1 is 1.10 bits per heavy atom. The monoisotopic (exact) mass is 286 g/mol. The topological polar surface area (TPSA) is 35.8 Å². The van der Waals surface area contributed by atoms with E-state index in [2.05, 4.69) is 11.4 Å². The fourth-order valence-electron chi connectivity index (χ4n) is 1.95. The number of hydrogen-bond donors (Lipinski definition) is 1. The molecule has 4 heteroatoms. The molecule has 0 bridgehead atoms. The Hall–Kier alpha value is -2.41. The number of anilines is 1. The molecule has 21 heavy (non-hydrogen) atoms. The van der Waals surface area contributed by atoms with Crippen molar-refractivity contribution in [2.24, 2.45) is 0 Å². The minimum absolute atomic E-state index is 0.199. The van der Waals surface area contributed by atoms with Gasteiger partial charge in [0.15, 0.2) is 11.6 Å². The second kappa shape index (κ2) is 5.92. The Morgan fingerprint density at radius 2 is 1.76 bits per heavy atom. The molecule has 2 aromatic rings. The molecular formula is C17H16F2N2. The minimum atomic E-state index is -0.847. The molecule has 0 saturated heterocycles. The predicted octanol–water partition coefficient (Wildman–Crippen LogP) is 4.38. The molecule has 0 aromatic heterocycles. The summed E-state index contributed by atoms with van der Waals surface area (Å²) in [6.45, 7) is 3.89. The Kier molecular flexibility index (Phi) is 4.23. The Balaban J connectivity index is 2.08. The summed E-state index contributed by atoms with van der Waals surface area (Å²) in [4.78, 5) is 0. The molecule has 0 aliphatic heterocycles. The van der Waals surface area contributed by atoms with Crippen LogP contribution < -0.4 is 5.32 Å². The Morgan fingerprint density at radius 3 is 2.38 bits per heavy atom. The van der Waals surface area contributed by atoms with Gasteiger partial charge in [0.1, 0.15) is 0 Å². The molecule has 2 nitrogen and oxygen atoms in total. The summed E-state index contributed by atoms with van der Waals surface area (Å²) in [5.41, 5.74) is 1.42. The van der Waals surface area contributed by atoms with Crippen LogP contribution in [0.3, 0.4) is 0 Å². The van der Waals surface area contributed by atoms with E-state index in [1.165, 1.54) is 6.07 Å². The van der Waals surface area contributed by atoms with E-state index < -0.39 is 17.0 Å². The van der Waals surface area contributed by atoms with Crippen molar-refractivity contribution in [3.8, 4) is 6.07 Å². The van der Waals surface area contributed by atoms with E-state index in [1.807, 2.05) is 38.1 Å². The van der Waals surface area contributed by atoms with Crippen molar-refractivity contribution in [2.45, 2.75) is 25.8 Å². The third kappa shape index (κ3) is 3.38. The van der Waals surface area contributed by atoms with Crippen LogP contribution in [0.2, 0.25) is 0 Å². The number of nitriles is 1. The maximum atomic E-state index is 13.5. The van der Waals surface area contributed by atoms with Crippen molar-refractivity contribution in [2.75, 3.05) is 5.32 Å². The zero-order valence-corrected chi connectivity index (χ0v) is 12.0. The first kappa shape index (κ1) is 15.0. The summed E-state index contributed by atoms with van der Waals surface area (Å²) >= 11 is 0. The summed E-state index contributed by atoms with van der Waals surface area (Å²) < 4.78 is 26.6. The molecular weight excluding hydrogens is 270 g/mol. The number of hydrogen-bond acceptors (Lipinski definition) is 2. The van der Waals surface area contributed by atoms with Crippen LogP contribution in [-0.2, 0) is 12.0 Å². The van der Waals surface area contributed by atoms with Gasteiger partial charge in [-0.05, 0) is 37.6 Å². The highest BCUT2D eigenvalue weighted by Gasteiger charge is 2.19. The first-order chi connectivity index (χ1) is 9.94. The van der Waals surface area contributed by atoms with Crippen molar-refractivity contribution in [3.63, 3.8) is 0 Å². The molecule has 0 atom stereocenters. The zero-order valence-electron chi connectivity index (χ0n) is 12.0. The van der Waals surface area contributed by atoms with Crippen molar-refractivity contribution >= 4 is 5.69 Å². The third-order valence-corrected chi connectivity index (χ3v) is 3.40. The highest BCUT2D eigenvalue weighted by atomic mass is 19.2. The van der Waals surface area contributed by atoms with Crippen LogP contribution in [-0.4, -0.2) is 0 Å². The van der Waals surface area contributed by atoms with Crippen LogP contribution in [0.1, 0.15) is 25.0 Å². The molecule has 0 spiro atoms. The fourth-order valence-corrected chi connectivity index (χ4v) is 1.95. The number of benzene rings is 2. The van der Waals surface area contributed by atoms with E-state index in [0.717, 1.165) is 17.3 Å². The lowest BCUT2D eigenvalue weighted by molar-refractivity contribution is 0.500. The summed E-state index contributed by atoms with van der Waals surface area (Å²) in [6, 6.07) is 13.7. The summed E-state index contributed by atoms with van der Waals surface area (Å²) in [7, 11) is 0. The second-order valence-corrected chi connectivity index (χ2v) is 5.38. The lowest BCUT2D eigenvalue weighted by Crippen LogP contribution is -2.13. The Labute approximate surface area is 123 Å². The summed E-state index contributed by atoms with van der Waals surface area (Å²) in [6.07, 6.45) is 0. The van der Waals surface area contributed by atoms with Crippen LogP contribution in [0.5, 0.6) is 0 Å². The standard InChI is InChI=1S/C17H16F2N2/c1-17(2,11-20)13-6-8-14(9-7-13)21-10-12-4-3-5-15(18)16(12)19/h3-9,21H,10H2,1-2H3. The minimum Gasteiger partial charge on any atom is -0.381 e. The lowest BCUT2D eigenvalue weighted by Gasteiger charge is -2.16. The lowest BCUT2D eigenvalue weighted by atomic mass is 9.86. The van der Waals surface area contributed by atoms with Crippen LogP contribution in [0.15, 0.2) is 42.5 Å². The second-order valence-electron chi connectivity index (χ2n) is 5.38. The predicted molar refractivity (Wildman–Crippen MR) is 78.8 cm³/mol. The van der Waals surface area contributed by atoms with E-state index in [9.17, 15) is 8.78 Å². The van der Waals surface area contributed by atoms with Crippen LogP contribution in [0, 0.1) is 23.0 Å². The van der Waals surface area contributed by atoms with Gasteiger partial charge in [0.2, 0.25) is 0 Å². The van der Waals surface area contributed by atoms with Gasteiger partial charge < -0.3 is 5.32 Å². The van der Waals surface area contributed by atoms with Crippen LogP contribution in [0.25, 0.3) is 0 Å². The van der Waals surface area contributed by atoms with Crippen LogP contribution >= 0.6 is 0 Å². The third-order valence-electron chi connectivity index (χ3n) is 3.40. The molecule has 0 heterocycles. The molecule has 0 saturated carbocycles. The van der Waals surface area contributed by atoms with Gasteiger partial charge >= 0.3 is 0 Å². The smallest absolute Gasteiger partial charge is 0.163 e. The van der Waals surface area contributed by atoms with Gasteiger partial charge in [-0.3, -0.25) is 0 Å². The molecule has 108 valence electrons. The molecule has 2 aromatic carbocycles. The Bertz CT molecular complexity index is 670. The summed E-state index contributed by atoms with van der Waals surface area (Å²) in [5, 5.41) is 12.1. The van der Waals surface area contributed by atoms with Gasteiger partial charge in [-0.2, -0.15) is 5.26 Å². The maximum absolute atomic E-state index is 13.5. The highest BCUT2D eigenvalue weighted by molar-refractivity contribution is 5.47. The number of rotatable bonds is 4. The first-order valence-corrected chi connectivity index (χ1v) is 6.62. The molecule has 0 aliphatic rings. The molecule has 1 N–H and O–H groups in total. The van der Waals surface area contributed by atoms with E-state index in [1.54, 1.807) is 6.07 Å².